The van der Waals surface area contributed by atoms with Gasteiger partial charge in [0.1, 0.15) is 5.82 Å². The van der Waals surface area contributed by atoms with Gasteiger partial charge in [0.15, 0.2) is 23.1 Å². The van der Waals surface area contributed by atoms with Crippen molar-refractivity contribution in [2.45, 2.75) is 13.0 Å². The van der Waals surface area contributed by atoms with Gasteiger partial charge in [-0.25, -0.2) is 13.2 Å². The molecule has 2 aromatic carbocycles. The molecule has 0 saturated carbocycles. The topological polar surface area (TPSA) is 29.5 Å². The van der Waals surface area contributed by atoms with Crippen LogP contribution in [0, 0.1) is 17.5 Å². The summed E-state index contributed by atoms with van der Waals surface area (Å²) in [6.45, 7) is 1.43. The Morgan fingerprint density at radius 1 is 1.05 bits per heavy atom. The van der Waals surface area contributed by atoms with Crippen LogP contribution >= 0.6 is 0 Å². The summed E-state index contributed by atoms with van der Waals surface area (Å²) < 4.78 is 45.0. The summed E-state index contributed by atoms with van der Waals surface area (Å²) in [5.74, 6) is -3.02. The largest absolute Gasteiger partial charge is 0.451 e. The Hall–Kier alpha value is -2.01. The van der Waals surface area contributed by atoms with E-state index in [4.69, 9.17) is 4.74 Å². The molecule has 5 heteroatoms. The fourth-order valence-corrected chi connectivity index (χ4v) is 1.63. The number of para-hydroxylation sites is 1. The van der Waals surface area contributed by atoms with Crippen LogP contribution in [0.3, 0.4) is 0 Å². The fraction of sp³-hybridized carbons (Fsp3) is 0.143. The van der Waals surface area contributed by atoms with Crippen LogP contribution in [0.2, 0.25) is 0 Å². The first-order chi connectivity index (χ1) is 8.99. The molecule has 2 aromatic rings. The Labute approximate surface area is 108 Å². The van der Waals surface area contributed by atoms with Crippen molar-refractivity contribution in [3.05, 3.63) is 59.4 Å². The number of rotatable bonds is 3. The lowest BCUT2D eigenvalue weighted by Crippen LogP contribution is -2.00. The van der Waals surface area contributed by atoms with Crippen molar-refractivity contribution in [2.75, 3.05) is 0 Å². The van der Waals surface area contributed by atoms with E-state index in [-0.39, 0.29) is 17.1 Å². The number of aliphatic hydroxyl groups is 1. The summed E-state index contributed by atoms with van der Waals surface area (Å²) >= 11 is 0. The van der Waals surface area contributed by atoms with E-state index in [1.165, 1.54) is 19.1 Å². The molecule has 0 spiro atoms. The highest BCUT2D eigenvalue weighted by molar-refractivity contribution is 5.40. The monoisotopic (exact) mass is 268 g/mol. The van der Waals surface area contributed by atoms with Gasteiger partial charge in [0.2, 0.25) is 0 Å². The SMILES string of the molecule is C[C@H](O)c1cccc(F)c1Oc1ccc(F)cc1F. The van der Waals surface area contributed by atoms with Crippen molar-refractivity contribution in [3.8, 4) is 11.5 Å². The predicted octanol–water partition coefficient (Wildman–Crippen LogP) is 3.95. The maximum Gasteiger partial charge on any atom is 0.168 e. The highest BCUT2D eigenvalue weighted by Crippen LogP contribution is 2.33. The van der Waals surface area contributed by atoms with Crippen molar-refractivity contribution >= 4 is 0 Å². The van der Waals surface area contributed by atoms with Crippen molar-refractivity contribution in [3.63, 3.8) is 0 Å². The molecule has 0 saturated heterocycles. The second kappa shape index (κ2) is 5.32. The van der Waals surface area contributed by atoms with Crippen LogP contribution in [0.1, 0.15) is 18.6 Å². The molecule has 0 amide bonds. The highest BCUT2D eigenvalue weighted by Gasteiger charge is 2.16. The van der Waals surface area contributed by atoms with E-state index in [0.29, 0.717) is 6.07 Å². The number of halogens is 3. The number of hydrogen-bond acceptors (Lipinski definition) is 2. The summed E-state index contributed by atoms with van der Waals surface area (Å²) in [4.78, 5) is 0. The zero-order valence-electron chi connectivity index (χ0n) is 10.0. The summed E-state index contributed by atoms with van der Waals surface area (Å²) in [7, 11) is 0. The van der Waals surface area contributed by atoms with Crippen LogP contribution < -0.4 is 4.74 Å². The standard InChI is InChI=1S/C14H11F3O2/c1-8(18)10-3-2-4-11(16)14(10)19-13-6-5-9(15)7-12(13)17/h2-8,18H,1H3/t8-/m0/s1. The van der Waals surface area contributed by atoms with Gasteiger partial charge in [0, 0.05) is 11.6 Å². The number of hydrogen-bond donors (Lipinski definition) is 1. The molecule has 1 atom stereocenters. The molecule has 2 rings (SSSR count). The molecular weight excluding hydrogens is 257 g/mol. The van der Waals surface area contributed by atoms with E-state index in [9.17, 15) is 18.3 Å². The Morgan fingerprint density at radius 2 is 1.79 bits per heavy atom. The second-order valence-corrected chi connectivity index (χ2v) is 4.01. The molecule has 0 aromatic heterocycles. The van der Waals surface area contributed by atoms with E-state index >= 15 is 0 Å². The van der Waals surface area contributed by atoms with Crippen LogP contribution in [0.4, 0.5) is 13.2 Å². The van der Waals surface area contributed by atoms with E-state index in [1.807, 2.05) is 0 Å². The van der Waals surface area contributed by atoms with Crippen molar-refractivity contribution in [1.82, 2.24) is 0 Å². The Morgan fingerprint density at radius 3 is 2.42 bits per heavy atom. The second-order valence-electron chi connectivity index (χ2n) is 4.01. The zero-order chi connectivity index (χ0) is 14.0. The number of benzene rings is 2. The molecule has 19 heavy (non-hydrogen) atoms. The third kappa shape index (κ3) is 2.88. The van der Waals surface area contributed by atoms with Crippen molar-refractivity contribution < 1.29 is 23.0 Å². The molecule has 0 aliphatic heterocycles. The Kier molecular flexibility index (Phi) is 3.76. The Balaban J connectivity index is 2.43. The normalized spacial score (nSPS) is 12.3. The summed E-state index contributed by atoms with van der Waals surface area (Å²) in [5, 5.41) is 9.52. The van der Waals surface area contributed by atoms with Crippen LogP contribution in [0.25, 0.3) is 0 Å². The molecule has 0 fully saturated rings. The van der Waals surface area contributed by atoms with Crippen LogP contribution in [-0.4, -0.2) is 5.11 Å². The van der Waals surface area contributed by atoms with Crippen LogP contribution in [-0.2, 0) is 0 Å². The van der Waals surface area contributed by atoms with Gasteiger partial charge in [-0.2, -0.15) is 0 Å². The minimum atomic E-state index is -0.978. The molecular formula is C14H11F3O2. The molecule has 0 unspecified atom stereocenters. The minimum Gasteiger partial charge on any atom is -0.451 e. The average molecular weight is 268 g/mol. The van der Waals surface area contributed by atoms with Gasteiger partial charge in [-0.3, -0.25) is 0 Å². The highest BCUT2D eigenvalue weighted by atomic mass is 19.1. The van der Waals surface area contributed by atoms with E-state index in [2.05, 4.69) is 0 Å². The average Bonchev–Trinajstić information content (AvgIpc) is 2.34. The predicted molar refractivity (Wildman–Crippen MR) is 63.5 cm³/mol. The van der Waals surface area contributed by atoms with E-state index < -0.39 is 23.6 Å². The minimum absolute atomic E-state index is 0.184. The maximum atomic E-state index is 13.7. The van der Waals surface area contributed by atoms with Gasteiger partial charge in [-0.05, 0) is 25.1 Å². The van der Waals surface area contributed by atoms with Gasteiger partial charge in [0.25, 0.3) is 0 Å². The van der Waals surface area contributed by atoms with Gasteiger partial charge in [-0.15, -0.1) is 0 Å². The quantitative estimate of drug-likeness (QED) is 0.913. The molecule has 1 N–H and O–H groups in total. The van der Waals surface area contributed by atoms with Gasteiger partial charge in [0.05, 0.1) is 6.10 Å². The third-order valence-corrected chi connectivity index (χ3v) is 2.55. The first kappa shape index (κ1) is 13.4. The number of aliphatic hydroxyl groups excluding tert-OH is 1. The van der Waals surface area contributed by atoms with E-state index in [1.54, 1.807) is 0 Å². The summed E-state index contributed by atoms with van der Waals surface area (Å²) in [6, 6.07) is 6.70. The van der Waals surface area contributed by atoms with Gasteiger partial charge < -0.3 is 9.84 Å². The smallest absolute Gasteiger partial charge is 0.168 e. The van der Waals surface area contributed by atoms with Gasteiger partial charge >= 0.3 is 0 Å². The van der Waals surface area contributed by atoms with Crippen molar-refractivity contribution in [2.24, 2.45) is 0 Å². The first-order valence-electron chi connectivity index (χ1n) is 5.58. The molecule has 0 heterocycles. The van der Waals surface area contributed by atoms with Crippen LogP contribution in [0.5, 0.6) is 11.5 Å². The Bertz CT molecular complexity index is 597. The molecule has 0 bridgehead atoms. The third-order valence-electron chi connectivity index (χ3n) is 2.55. The lowest BCUT2D eigenvalue weighted by atomic mass is 10.1. The summed E-state index contributed by atoms with van der Waals surface area (Å²) in [6.07, 6.45) is -0.978. The fourth-order valence-electron chi connectivity index (χ4n) is 1.63. The molecule has 0 radical (unpaired) electrons. The molecule has 0 aliphatic rings. The molecule has 100 valence electrons. The molecule has 0 aliphatic carbocycles. The van der Waals surface area contributed by atoms with Gasteiger partial charge in [-0.1, -0.05) is 12.1 Å². The maximum absolute atomic E-state index is 13.7. The molecule has 2 nitrogen and oxygen atoms in total. The summed E-state index contributed by atoms with van der Waals surface area (Å²) in [5.41, 5.74) is 0.184. The zero-order valence-corrected chi connectivity index (χ0v) is 10.0. The van der Waals surface area contributed by atoms with Crippen LogP contribution in [0.15, 0.2) is 36.4 Å². The number of ether oxygens (including phenoxy) is 1. The lowest BCUT2D eigenvalue weighted by molar-refractivity contribution is 0.194. The van der Waals surface area contributed by atoms with E-state index in [0.717, 1.165) is 18.2 Å². The lowest BCUT2D eigenvalue weighted by Gasteiger charge is -2.14. The van der Waals surface area contributed by atoms with Crippen molar-refractivity contribution in [1.29, 1.82) is 0 Å². The first-order valence-corrected chi connectivity index (χ1v) is 5.58.